The number of halogens is 2. The molecule has 0 bridgehead atoms. The van der Waals surface area contributed by atoms with Gasteiger partial charge >= 0.3 is 0 Å². The molecule has 22 heavy (non-hydrogen) atoms. The van der Waals surface area contributed by atoms with Crippen molar-refractivity contribution in [1.29, 1.82) is 0 Å². The quantitative estimate of drug-likeness (QED) is 0.662. The number of hydrogen-bond acceptors (Lipinski definition) is 2. The van der Waals surface area contributed by atoms with Gasteiger partial charge in [0.25, 0.3) is 0 Å². The first-order chi connectivity index (χ1) is 10.5. The smallest absolute Gasteiger partial charge is 0.166 e. The molecule has 0 saturated carbocycles. The Morgan fingerprint density at radius 3 is 2.27 bits per heavy atom. The lowest BCUT2D eigenvalue weighted by Crippen LogP contribution is -2.16. The first-order valence-corrected chi connectivity index (χ1v) is 7.93. The van der Waals surface area contributed by atoms with Crippen LogP contribution in [0.4, 0.5) is 8.78 Å². The third-order valence-electron chi connectivity index (χ3n) is 3.08. The first-order valence-electron chi connectivity index (χ1n) is 6.78. The molecular formula is C16H16F2N2OS. The van der Waals surface area contributed by atoms with Crippen molar-refractivity contribution >= 4 is 16.7 Å². The fourth-order valence-electron chi connectivity index (χ4n) is 1.90. The summed E-state index contributed by atoms with van der Waals surface area (Å²) in [6.07, 6.45) is 0.302. The van der Waals surface area contributed by atoms with Crippen LogP contribution in [-0.2, 0) is 11.0 Å². The third kappa shape index (κ3) is 3.76. The van der Waals surface area contributed by atoms with Crippen LogP contribution in [-0.4, -0.2) is 9.92 Å². The van der Waals surface area contributed by atoms with Crippen molar-refractivity contribution in [2.45, 2.75) is 25.2 Å². The predicted octanol–water partition coefficient (Wildman–Crippen LogP) is 3.70. The number of benzene rings is 2. The monoisotopic (exact) mass is 322 g/mol. The van der Waals surface area contributed by atoms with E-state index < -0.39 is 22.6 Å². The maximum atomic E-state index is 13.8. The number of nitrogens with zero attached hydrogens (tertiary/aromatic N) is 1. The van der Waals surface area contributed by atoms with E-state index >= 15 is 0 Å². The maximum Gasteiger partial charge on any atom is 0.166 e. The summed E-state index contributed by atoms with van der Waals surface area (Å²) in [5.41, 5.74) is 1.03. The number of hydrogen-bond donors (Lipinski definition) is 1. The van der Waals surface area contributed by atoms with Crippen LogP contribution in [0, 0.1) is 18.6 Å². The minimum absolute atomic E-state index is 0.177. The van der Waals surface area contributed by atoms with Crippen LogP contribution in [0.25, 0.3) is 0 Å². The summed E-state index contributed by atoms with van der Waals surface area (Å²) >= 11 is 0. The Labute approximate surface area is 130 Å². The molecule has 0 heterocycles. The van der Waals surface area contributed by atoms with E-state index in [1.54, 1.807) is 19.1 Å². The summed E-state index contributed by atoms with van der Waals surface area (Å²) in [5, 5.41) is 3.92. The van der Waals surface area contributed by atoms with Gasteiger partial charge in [-0.15, -0.1) is 0 Å². The minimum Gasteiger partial charge on any atom is -0.230 e. The topological polar surface area (TPSA) is 41.5 Å². The summed E-state index contributed by atoms with van der Waals surface area (Å²) in [5.74, 6) is -1.38. The SMILES string of the molecule is CC/C(=N\NS(=O)c1ccc(C)cc1)c1c(F)cccc1F. The summed E-state index contributed by atoms with van der Waals surface area (Å²) in [4.78, 5) is 2.99. The summed E-state index contributed by atoms with van der Waals surface area (Å²) < 4.78 is 39.6. The van der Waals surface area contributed by atoms with Crippen molar-refractivity contribution in [1.82, 2.24) is 4.83 Å². The van der Waals surface area contributed by atoms with E-state index in [1.165, 1.54) is 18.2 Å². The van der Waals surface area contributed by atoms with Crippen LogP contribution in [0.15, 0.2) is 52.5 Å². The number of hydrazone groups is 1. The van der Waals surface area contributed by atoms with Gasteiger partial charge in [-0.25, -0.2) is 17.8 Å². The Balaban J connectivity index is 2.23. The summed E-state index contributed by atoms with van der Waals surface area (Å²) in [6, 6.07) is 10.7. The molecule has 1 unspecified atom stereocenters. The lowest BCUT2D eigenvalue weighted by Gasteiger charge is -2.08. The Hall–Kier alpha value is -2.08. The zero-order valence-electron chi connectivity index (χ0n) is 12.3. The van der Waals surface area contributed by atoms with E-state index in [-0.39, 0.29) is 11.3 Å². The van der Waals surface area contributed by atoms with Gasteiger partial charge < -0.3 is 0 Å². The lowest BCUT2D eigenvalue weighted by atomic mass is 10.1. The number of rotatable bonds is 5. The summed E-state index contributed by atoms with van der Waals surface area (Å²) in [6.45, 7) is 3.65. The van der Waals surface area contributed by atoms with Gasteiger partial charge in [-0.05, 0) is 37.6 Å². The molecule has 0 aliphatic heterocycles. The van der Waals surface area contributed by atoms with E-state index in [1.807, 2.05) is 19.1 Å². The molecule has 2 aromatic rings. The van der Waals surface area contributed by atoms with Crippen molar-refractivity contribution in [3.8, 4) is 0 Å². The molecule has 0 spiro atoms. The molecule has 3 nitrogen and oxygen atoms in total. The molecule has 0 amide bonds. The van der Waals surface area contributed by atoms with Gasteiger partial charge in [-0.3, -0.25) is 0 Å². The van der Waals surface area contributed by atoms with Gasteiger partial charge in [0.1, 0.15) is 11.6 Å². The molecule has 6 heteroatoms. The van der Waals surface area contributed by atoms with Crippen molar-refractivity contribution in [3.63, 3.8) is 0 Å². The van der Waals surface area contributed by atoms with Crippen molar-refractivity contribution in [2.75, 3.05) is 0 Å². The molecule has 0 aromatic heterocycles. The van der Waals surface area contributed by atoms with Crippen molar-refractivity contribution in [2.24, 2.45) is 5.10 Å². The maximum absolute atomic E-state index is 13.8. The Morgan fingerprint density at radius 2 is 1.73 bits per heavy atom. The molecule has 0 fully saturated rings. The number of aryl methyl sites for hydroxylation is 1. The predicted molar refractivity (Wildman–Crippen MR) is 83.9 cm³/mol. The van der Waals surface area contributed by atoms with Crippen LogP contribution in [0.2, 0.25) is 0 Å². The van der Waals surface area contributed by atoms with E-state index in [9.17, 15) is 13.0 Å². The van der Waals surface area contributed by atoms with Gasteiger partial charge in [0.2, 0.25) is 0 Å². The lowest BCUT2D eigenvalue weighted by molar-refractivity contribution is 0.578. The van der Waals surface area contributed by atoms with E-state index in [2.05, 4.69) is 9.93 Å². The van der Waals surface area contributed by atoms with Crippen molar-refractivity contribution in [3.05, 3.63) is 65.2 Å². The Kier molecular flexibility index (Phi) is 5.38. The fourth-order valence-corrected chi connectivity index (χ4v) is 2.58. The molecule has 1 N–H and O–H groups in total. The van der Waals surface area contributed by atoms with Gasteiger partial charge in [0, 0.05) is 0 Å². The van der Waals surface area contributed by atoms with Gasteiger partial charge in [0.05, 0.1) is 16.2 Å². The Morgan fingerprint density at radius 1 is 1.14 bits per heavy atom. The highest BCUT2D eigenvalue weighted by Crippen LogP contribution is 2.15. The highest BCUT2D eigenvalue weighted by Gasteiger charge is 2.14. The van der Waals surface area contributed by atoms with Crippen LogP contribution < -0.4 is 4.83 Å². The first kappa shape index (κ1) is 16.3. The average Bonchev–Trinajstić information content (AvgIpc) is 2.50. The van der Waals surface area contributed by atoms with Gasteiger partial charge in [0.15, 0.2) is 11.0 Å². The van der Waals surface area contributed by atoms with Gasteiger partial charge in [-0.2, -0.15) is 5.10 Å². The fraction of sp³-hybridized carbons (Fsp3) is 0.188. The molecular weight excluding hydrogens is 306 g/mol. The normalized spacial score (nSPS) is 13.0. The largest absolute Gasteiger partial charge is 0.230 e. The van der Waals surface area contributed by atoms with Crippen LogP contribution in [0.3, 0.4) is 0 Å². The standard InChI is InChI=1S/C16H16F2N2OS/c1-3-15(16-13(17)5-4-6-14(16)18)19-20-22(21)12-9-7-11(2)8-10-12/h4-10,20H,3H2,1-2H3/b19-15+. The van der Waals surface area contributed by atoms with E-state index in [0.717, 1.165) is 5.56 Å². The second-order valence-electron chi connectivity index (χ2n) is 4.68. The highest BCUT2D eigenvalue weighted by atomic mass is 32.2. The van der Waals surface area contributed by atoms with Crippen molar-refractivity contribution < 1.29 is 13.0 Å². The second kappa shape index (κ2) is 7.26. The molecule has 2 aromatic carbocycles. The molecule has 116 valence electrons. The van der Waals surface area contributed by atoms with E-state index in [0.29, 0.717) is 11.3 Å². The van der Waals surface area contributed by atoms with Crippen LogP contribution in [0.1, 0.15) is 24.5 Å². The molecule has 0 aliphatic carbocycles. The van der Waals surface area contributed by atoms with Crippen LogP contribution in [0.5, 0.6) is 0 Å². The minimum atomic E-state index is -1.58. The van der Waals surface area contributed by atoms with Crippen LogP contribution >= 0.6 is 0 Å². The molecule has 0 aliphatic rings. The molecule has 0 saturated heterocycles. The molecule has 2 rings (SSSR count). The number of nitrogens with one attached hydrogen (secondary N) is 1. The zero-order chi connectivity index (χ0) is 16.1. The summed E-state index contributed by atoms with van der Waals surface area (Å²) in [7, 11) is -1.58. The van der Waals surface area contributed by atoms with E-state index in [4.69, 9.17) is 0 Å². The average molecular weight is 322 g/mol. The zero-order valence-corrected chi connectivity index (χ0v) is 13.1. The highest BCUT2D eigenvalue weighted by molar-refractivity contribution is 7.83. The third-order valence-corrected chi connectivity index (χ3v) is 4.04. The Bertz CT molecular complexity index is 694. The molecule has 1 atom stereocenters. The molecule has 0 radical (unpaired) electrons. The van der Waals surface area contributed by atoms with Gasteiger partial charge in [-0.1, -0.05) is 30.7 Å². The second-order valence-corrected chi connectivity index (χ2v) is 5.87.